The summed E-state index contributed by atoms with van der Waals surface area (Å²) in [5.41, 5.74) is 10.1. The minimum atomic E-state index is 0.0858. The smallest absolute Gasteiger partial charge is 0.224 e. The summed E-state index contributed by atoms with van der Waals surface area (Å²) in [5, 5.41) is 3.54. The molecule has 0 radical (unpaired) electrons. The molecule has 3 rings (SSSR count). The van der Waals surface area contributed by atoms with Crippen LogP contribution in [0.5, 0.6) is 0 Å². The van der Waals surface area contributed by atoms with Gasteiger partial charge in [0.25, 0.3) is 0 Å². The molecule has 19 heavy (non-hydrogen) atoms. The topological polar surface area (TPSA) is 58.4 Å². The Morgan fingerprint density at radius 1 is 1.42 bits per heavy atom. The number of hydrogen-bond acceptors (Lipinski definition) is 4. The summed E-state index contributed by atoms with van der Waals surface area (Å²) in [6, 6.07) is 4.07. The number of benzene rings is 1. The molecule has 5 heteroatoms. The maximum atomic E-state index is 11.4. The number of nitrogen functional groups attached to an aromatic ring is 1. The molecule has 1 atom stereocenters. The fraction of sp³-hybridized carbons (Fsp3) is 0.500. The second-order valence-corrected chi connectivity index (χ2v) is 6.79. The second kappa shape index (κ2) is 4.96. The van der Waals surface area contributed by atoms with E-state index in [9.17, 15) is 4.79 Å². The maximum absolute atomic E-state index is 11.4. The molecule has 0 spiro atoms. The number of nitrogens with one attached hydrogen (secondary N) is 1. The zero-order valence-electron chi connectivity index (χ0n) is 11.1. The minimum Gasteiger partial charge on any atom is -0.397 e. The first kappa shape index (κ1) is 12.7. The lowest BCUT2D eigenvalue weighted by molar-refractivity contribution is -0.116. The summed E-state index contributed by atoms with van der Waals surface area (Å²) < 4.78 is 0. The van der Waals surface area contributed by atoms with Crippen molar-refractivity contribution in [2.24, 2.45) is 0 Å². The third kappa shape index (κ3) is 2.52. The molecule has 102 valence electrons. The van der Waals surface area contributed by atoms with E-state index < -0.39 is 0 Å². The number of carbonyl (C=O) groups is 1. The van der Waals surface area contributed by atoms with Crippen molar-refractivity contribution in [1.82, 2.24) is 0 Å². The van der Waals surface area contributed by atoms with Crippen molar-refractivity contribution in [2.45, 2.75) is 25.0 Å². The van der Waals surface area contributed by atoms with Gasteiger partial charge >= 0.3 is 0 Å². The molecule has 1 aromatic carbocycles. The second-order valence-electron chi connectivity index (χ2n) is 5.24. The van der Waals surface area contributed by atoms with Gasteiger partial charge in [0.2, 0.25) is 5.91 Å². The highest BCUT2D eigenvalue weighted by atomic mass is 32.2. The number of thioether (sulfide) groups is 1. The van der Waals surface area contributed by atoms with E-state index in [1.54, 1.807) is 0 Å². The molecule has 0 aromatic heterocycles. The number of fused-ring (bicyclic) bond motifs is 1. The Morgan fingerprint density at radius 3 is 3.05 bits per heavy atom. The molecular formula is C14H19N3OS. The Morgan fingerprint density at radius 2 is 2.26 bits per heavy atom. The van der Waals surface area contributed by atoms with Gasteiger partial charge in [0.15, 0.2) is 0 Å². The highest BCUT2D eigenvalue weighted by molar-refractivity contribution is 8.00. The molecular weight excluding hydrogens is 258 g/mol. The first-order valence-corrected chi connectivity index (χ1v) is 7.77. The number of nitrogens with two attached hydrogens (primary N) is 1. The van der Waals surface area contributed by atoms with Crippen LogP contribution in [0.4, 0.5) is 17.1 Å². The van der Waals surface area contributed by atoms with Gasteiger partial charge < -0.3 is 16.0 Å². The summed E-state index contributed by atoms with van der Waals surface area (Å²) >= 11 is 2.01. The summed E-state index contributed by atoms with van der Waals surface area (Å²) in [5.74, 6) is 1.23. The average molecular weight is 277 g/mol. The molecule has 2 aliphatic heterocycles. The molecule has 3 N–H and O–H groups in total. The molecule has 1 unspecified atom stereocenters. The van der Waals surface area contributed by atoms with Crippen LogP contribution in [0.1, 0.15) is 18.9 Å². The van der Waals surface area contributed by atoms with Crippen LogP contribution in [-0.4, -0.2) is 30.0 Å². The lowest BCUT2D eigenvalue weighted by Gasteiger charge is -2.34. The summed E-state index contributed by atoms with van der Waals surface area (Å²) in [6.07, 6.45) is 1.38. The van der Waals surface area contributed by atoms with Gasteiger partial charge in [0.05, 0.1) is 11.4 Å². The third-order valence-corrected chi connectivity index (χ3v) is 4.87. The molecule has 2 heterocycles. The van der Waals surface area contributed by atoms with Crippen molar-refractivity contribution in [3.63, 3.8) is 0 Å². The molecule has 1 amide bonds. The van der Waals surface area contributed by atoms with Crippen LogP contribution >= 0.6 is 11.8 Å². The maximum Gasteiger partial charge on any atom is 0.224 e. The van der Waals surface area contributed by atoms with E-state index in [0.717, 1.165) is 42.3 Å². The highest BCUT2D eigenvalue weighted by Gasteiger charge is 2.22. The Hall–Kier alpha value is -1.36. The van der Waals surface area contributed by atoms with Gasteiger partial charge in [-0.3, -0.25) is 4.79 Å². The van der Waals surface area contributed by atoms with Crippen LogP contribution in [-0.2, 0) is 11.2 Å². The molecule has 0 saturated carbocycles. The van der Waals surface area contributed by atoms with Crippen LogP contribution in [0.2, 0.25) is 0 Å². The van der Waals surface area contributed by atoms with Gasteiger partial charge in [0.1, 0.15) is 0 Å². The molecule has 1 fully saturated rings. The first-order valence-electron chi connectivity index (χ1n) is 6.72. The quantitative estimate of drug-likeness (QED) is 0.772. The normalized spacial score (nSPS) is 22.9. The number of nitrogens with zero attached hydrogens (tertiary/aromatic N) is 1. The van der Waals surface area contributed by atoms with E-state index in [1.807, 2.05) is 17.8 Å². The van der Waals surface area contributed by atoms with Crippen molar-refractivity contribution >= 4 is 34.7 Å². The van der Waals surface area contributed by atoms with Gasteiger partial charge in [-0.1, -0.05) is 6.92 Å². The number of anilines is 3. The average Bonchev–Trinajstić information content (AvgIpc) is 2.37. The Labute approximate surface area is 117 Å². The molecule has 0 bridgehead atoms. The number of rotatable bonds is 1. The Bertz CT molecular complexity index is 518. The van der Waals surface area contributed by atoms with Gasteiger partial charge in [0, 0.05) is 36.2 Å². The first-order chi connectivity index (χ1) is 9.13. The van der Waals surface area contributed by atoms with Crippen molar-refractivity contribution < 1.29 is 4.79 Å². The molecule has 4 nitrogen and oxygen atoms in total. The Balaban J connectivity index is 1.92. The lowest BCUT2D eigenvalue weighted by atomic mass is 10.0. The highest BCUT2D eigenvalue weighted by Crippen LogP contribution is 2.35. The predicted molar refractivity (Wildman–Crippen MR) is 81.9 cm³/mol. The van der Waals surface area contributed by atoms with Crippen LogP contribution in [0, 0.1) is 0 Å². The fourth-order valence-electron chi connectivity index (χ4n) is 2.74. The zero-order valence-corrected chi connectivity index (χ0v) is 11.9. The van der Waals surface area contributed by atoms with E-state index >= 15 is 0 Å². The van der Waals surface area contributed by atoms with Crippen LogP contribution in [0.15, 0.2) is 12.1 Å². The van der Waals surface area contributed by atoms with Gasteiger partial charge in [-0.25, -0.2) is 0 Å². The summed E-state index contributed by atoms with van der Waals surface area (Å²) in [6.45, 7) is 4.34. The Kier molecular flexibility index (Phi) is 3.31. The molecule has 1 aromatic rings. The van der Waals surface area contributed by atoms with E-state index in [-0.39, 0.29) is 5.91 Å². The van der Waals surface area contributed by atoms with Crippen LogP contribution in [0.25, 0.3) is 0 Å². The van der Waals surface area contributed by atoms with Crippen molar-refractivity contribution in [1.29, 1.82) is 0 Å². The monoisotopic (exact) mass is 277 g/mol. The number of amides is 1. The van der Waals surface area contributed by atoms with Crippen molar-refractivity contribution in [2.75, 3.05) is 34.8 Å². The van der Waals surface area contributed by atoms with Gasteiger partial charge in [-0.2, -0.15) is 11.8 Å². The van der Waals surface area contributed by atoms with Crippen LogP contribution in [0.3, 0.4) is 0 Å². The SMILES string of the molecule is CC1CN(c2cc3c(cc2N)NC(=O)CC3)CCS1. The standard InChI is InChI=1S/C14H19N3OS/c1-9-8-17(4-5-19-9)13-6-10-2-3-14(18)16-12(10)7-11(13)15/h6-7,9H,2-5,8,15H2,1H3,(H,16,18). The van der Waals surface area contributed by atoms with Crippen LogP contribution < -0.4 is 16.0 Å². The third-order valence-electron chi connectivity index (χ3n) is 3.73. The fourth-order valence-corrected chi connectivity index (χ4v) is 3.76. The van der Waals surface area contributed by atoms with E-state index in [1.165, 1.54) is 5.56 Å². The molecule has 2 aliphatic rings. The van der Waals surface area contributed by atoms with E-state index in [2.05, 4.69) is 23.2 Å². The van der Waals surface area contributed by atoms with Gasteiger partial charge in [-0.15, -0.1) is 0 Å². The number of aryl methyl sites for hydroxylation is 1. The minimum absolute atomic E-state index is 0.0858. The van der Waals surface area contributed by atoms with Gasteiger partial charge in [-0.05, 0) is 24.1 Å². The van der Waals surface area contributed by atoms with E-state index in [0.29, 0.717) is 11.7 Å². The predicted octanol–water partition coefficient (Wildman–Crippen LogP) is 2.10. The lowest BCUT2D eigenvalue weighted by Crippen LogP contribution is -2.37. The number of hydrogen-bond donors (Lipinski definition) is 2. The largest absolute Gasteiger partial charge is 0.397 e. The summed E-state index contributed by atoms with van der Waals surface area (Å²) in [4.78, 5) is 13.8. The summed E-state index contributed by atoms with van der Waals surface area (Å²) in [7, 11) is 0. The van der Waals surface area contributed by atoms with E-state index in [4.69, 9.17) is 5.73 Å². The van der Waals surface area contributed by atoms with Crippen molar-refractivity contribution in [3.8, 4) is 0 Å². The zero-order chi connectivity index (χ0) is 13.4. The molecule has 1 saturated heterocycles. The number of carbonyl (C=O) groups excluding carboxylic acids is 1. The molecule has 0 aliphatic carbocycles. The van der Waals surface area contributed by atoms with Crippen molar-refractivity contribution in [3.05, 3.63) is 17.7 Å².